The number of benzene rings is 2. The molecular formula is C25H21ClN2O3. The molecular weight excluding hydrogens is 412 g/mol. The largest absolute Gasteiger partial charge is 0.489 e. The molecule has 0 spiro atoms. The van der Waals surface area contributed by atoms with Gasteiger partial charge in [-0.2, -0.15) is 10.1 Å². The summed E-state index contributed by atoms with van der Waals surface area (Å²) in [7, 11) is 0. The summed E-state index contributed by atoms with van der Waals surface area (Å²) < 4.78 is 5.79. The average Bonchev–Trinajstić information content (AvgIpc) is 3.57. The first kappa shape index (κ1) is 18.8. The maximum atomic E-state index is 13.0. The third kappa shape index (κ3) is 3.02. The molecule has 2 amide bonds. The Balaban J connectivity index is 1.13. The summed E-state index contributed by atoms with van der Waals surface area (Å²) in [5, 5.41) is 6.05. The van der Waals surface area contributed by atoms with Crippen LogP contribution in [0.5, 0.6) is 5.75 Å². The van der Waals surface area contributed by atoms with Gasteiger partial charge in [-0.05, 0) is 66.0 Å². The van der Waals surface area contributed by atoms with Gasteiger partial charge in [0, 0.05) is 10.6 Å². The first-order valence-corrected chi connectivity index (χ1v) is 11.1. The van der Waals surface area contributed by atoms with E-state index in [9.17, 15) is 9.59 Å². The minimum absolute atomic E-state index is 0.143. The second-order valence-electron chi connectivity index (χ2n) is 8.84. The van der Waals surface area contributed by atoms with Crippen LogP contribution in [0.1, 0.15) is 17.5 Å². The van der Waals surface area contributed by atoms with E-state index in [0.717, 1.165) is 22.6 Å². The quantitative estimate of drug-likeness (QED) is 0.402. The standard InChI is InChI=1S/C25H21ClN2O3/c26-21-4-2-1-3-15(21)13-31-16-7-5-14(6-8-16)12-27-28-24(29)22-17-9-10-18(20-11-19(17)20)23(22)25(28)30/h1-10,12,17-20,22-23H,11,13H2/b27-12-/t17-,18+,19-,20+,22+,23-. The summed E-state index contributed by atoms with van der Waals surface area (Å²) >= 11 is 6.16. The van der Waals surface area contributed by atoms with Crippen LogP contribution < -0.4 is 4.74 Å². The van der Waals surface area contributed by atoms with E-state index in [1.165, 1.54) is 0 Å². The topological polar surface area (TPSA) is 59.0 Å². The highest BCUT2D eigenvalue weighted by Gasteiger charge is 2.67. The molecule has 31 heavy (non-hydrogen) atoms. The summed E-state index contributed by atoms with van der Waals surface area (Å²) in [6.45, 7) is 0.380. The van der Waals surface area contributed by atoms with Gasteiger partial charge in [-0.15, -0.1) is 0 Å². The van der Waals surface area contributed by atoms with Crippen molar-refractivity contribution < 1.29 is 14.3 Å². The molecule has 5 aliphatic rings. The van der Waals surface area contributed by atoms with Crippen LogP contribution in [0, 0.1) is 35.5 Å². The number of amides is 2. The molecule has 0 aromatic heterocycles. The average molecular weight is 433 g/mol. The second kappa shape index (κ2) is 7.06. The van der Waals surface area contributed by atoms with Gasteiger partial charge in [0.1, 0.15) is 12.4 Å². The SMILES string of the molecule is O=C1[C@@H]2[C@H]3C=C[C@H]([C@H]4C[C@@H]34)[C@@H]2C(=O)N1/N=C\c1ccc(OCc2ccccc2Cl)cc1. The van der Waals surface area contributed by atoms with E-state index >= 15 is 0 Å². The Morgan fingerprint density at radius 1 is 0.968 bits per heavy atom. The molecule has 6 atom stereocenters. The molecule has 1 saturated heterocycles. The molecule has 3 fully saturated rings. The Labute approximate surface area is 185 Å². The summed E-state index contributed by atoms with van der Waals surface area (Å²) in [4.78, 5) is 25.9. The first-order valence-electron chi connectivity index (χ1n) is 10.7. The van der Waals surface area contributed by atoms with Crippen LogP contribution in [0.15, 0.2) is 65.8 Å². The molecule has 0 N–H and O–H groups in total. The number of halogens is 1. The van der Waals surface area contributed by atoms with Gasteiger partial charge in [0.05, 0.1) is 18.1 Å². The smallest absolute Gasteiger partial charge is 0.254 e. The highest BCUT2D eigenvalue weighted by molar-refractivity contribution is 6.31. The molecule has 2 saturated carbocycles. The first-order chi connectivity index (χ1) is 15.1. The predicted molar refractivity (Wildman–Crippen MR) is 116 cm³/mol. The van der Waals surface area contributed by atoms with Crippen LogP contribution in [-0.4, -0.2) is 23.0 Å². The number of carbonyl (C=O) groups excluding carboxylic acids is 2. The second-order valence-corrected chi connectivity index (χ2v) is 9.24. The van der Waals surface area contributed by atoms with Gasteiger partial charge in [0.15, 0.2) is 0 Å². The summed E-state index contributed by atoms with van der Waals surface area (Å²) in [6, 6.07) is 14.9. The van der Waals surface area contributed by atoms with Crippen LogP contribution in [0.3, 0.4) is 0 Å². The van der Waals surface area contributed by atoms with Crippen molar-refractivity contribution in [1.29, 1.82) is 0 Å². The molecule has 0 radical (unpaired) electrons. The highest BCUT2D eigenvalue weighted by atomic mass is 35.5. The van der Waals surface area contributed by atoms with Gasteiger partial charge in [-0.3, -0.25) is 9.59 Å². The Morgan fingerprint density at radius 2 is 1.61 bits per heavy atom. The molecule has 1 heterocycles. The van der Waals surface area contributed by atoms with Crippen molar-refractivity contribution in [3.63, 3.8) is 0 Å². The van der Waals surface area contributed by atoms with Gasteiger partial charge in [0.2, 0.25) is 0 Å². The number of hydrogen-bond donors (Lipinski definition) is 0. The molecule has 1 aliphatic heterocycles. The number of rotatable bonds is 5. The van der Waals surface area contributed by atoms with E-state index in [2.05, 4.69) is 17.3 Å². The third-order valence-electron chi connectivity index (χ3n) is 7.19. The molecule has 4 aliphatic carbocycles. The fourth-order valence-electron chi connectivity index (χ4n) is 5.61. The van der Waals surface area contributed by atoms with Crippen molar-refractivity contribution in [2.45, 2.75) is 13.0 Å². The molecule has 7 rings (SSSR count). The monoisotopic (exact) mass is 432 g/mol. The van der Waals surface area contributed by atoms with E-state index in [0.29, 0.717) is 29.2 Å². The maximum Gasteiger partial charge on any atom is 0.254 e. The van der Waals surface area contributed by atoms with Gasteiger partial charge >= 0.3 is 0 Å². The van der Waals surface area contributed by atoms with Crippen molar-refractivity contribution in [1.82, 2.24) is 5.01 Å². The van der Waals surface area contributed by atoms with Gasteiger partial charge in [0.25, 0.3) is 11.8 Å². The predicted octanol–water partition coefficient (Wildman–Crippen LogP) is 4.31. The highest BCUT2D eigenvalue weighted by Crippen LogP contribution is 2.65. The zero-order valence-corrected chi connectivity index (χ0v) is 17.5. The van der Waals surface area contributed by atoms with Crippen LogP contribution in [0.4, 0.5) is 0 Å². The lowest BCUT2D eigenvalue weighted by atomic mass is 9.63. The van der Waals surface area contributed by atoms with Crippen molar-refractivity contribution in [3.8, 4) is 5.75 Å². The Kier molecular flexibility index (Phi) is 4.29. The zero-order chi connectivity index (χ0) is 21.1. The number of imide groups is 1. The fraction of sp³-hybridized carbons (Fsp3) is 0.320. The summed E-state index contributed by atoms with van der Waals surface area (Å²) in [5.41, 5.74) is 1.72. The van der Waals surface area contributed by atoms with E-state index in [-0.39, 0.29) is 35.5 Å². The Hall–Kier alpha value is -2.92. The van der Waals surface area contributed by atoms with Crippen molar-refractivity contribution >= 4 is 29.6 Å². The summed E-state index contributed by atoms with van der Waals surface area (Å²) in [6.07, 6.45) is 7.06. The maximum absolute atomic E-state index is 13.0. The number of ether oxygens (including phenoxy) is 1. The van der Waals surface area contributed by atoms with E-state index in [1.54, 1.807) is 6.21 Å². The van der Waals surface area contributed by atoms with E-state index in [4.69, 9.17) is 16.3 Å². The van der Waals surface area contributed by atoms with Crippen LogP contribution in [-0.2, 0) is 16.2 Å². The minimum Gasteiger partial charge on any atom is -0.489 e. The van der Waals surface area contributed by atoms with Gasteiger partial charge in [-0.25, -0.2) is 0 Å². The van der Waals surface area contributed by atoms with E-state index in [1.807, 2.05) is 48.5 Å². The Morgan fingerprint density at radius 3 is 2.26 bits per heavy atom. The van der Waals surface area contributed by atoms with Gasteiger partial charge in [-0.1, -0.05) is 42.0 Å². The Bertz CT molecular complexity index is 1090. The number of hydrogen-bond acceptors (Lipinski definition) is 4. The third-order valence-corrected chi connectivity index (χ3v) is 7.56. The molecule has 6 heteroatoms. The number of hydrazone groups is 1. The van der Waals surface area contributed by atoms with E-state index < -0.39 is 0 Å². The van der Waals surface area contributed by atoms with Crippen molar-refractivity contribution in [2.24, 2.45) is 40.6 Å². The number of nitrogens with zero attached hydrogens (tertiary/aromatic N) is 2. The van der Waals surface area contributed by atoms with Crippen LogP contribution in [0.2, 0.25) is 5.02 Å². The number of carbonyl (C=O) groups is 2. The zero-order valence-electron chi connectivity index (χ0n) is 16.7. The van der Waals surface area contributed by atoms with Crippen molar-refractivity contribution in [3.05, 3.63) is 76.8 Å². The molecule has 5 nitrogen and oxygen atoms in total. The number of allylic oxidation sites excluding steroid dienone is 2. The minimum atomic E-state index is -0.219. The lowest BCUT2D eigenvalue weighted by molar-refractivity contribution is -0.140. The van der Waals surface area contributed by atoms with Crippen LogP contribution in [0.25, 0.3) is 0 Å². The molecule has 2 aromatic rings. The lowest BCUT2D eigenvalue weighted by Crippen LogP contribution is -2.40. The summed E-state index contributed by atoms with van der Waals surface area (Å²) in [5.74, 6) is 1.60. The van der Waals surface area contributed by atoms with Gasteiger partial charge < -0.3 is 4.74 Å². The van der Waals surface area contributed by atoms with Crippen molar-refractivity contribution in [2.75, 3.05) is 0 Å². The molecule has 2 bridgehead atoms. The van der Waals surface area contributed by atoms with Crippen LogP contribution >= 0.6 is 11.6 Å². The molecule has 2 aromatic carbocycles. The fourth-order valence-corrected chi connectivity index (χ4v) is 5.80. The normalized spacial score (nSPS) is 32.5. The molecule has 156 valence electrons. The molecule has 0 unspecified atom stereocenters. The lowest BCUT2D eigenvalue weighted by Gasteiger charge is -2.37.